The normalized spacial score (nSPS) is 17.2. The van der Waals surface area contributed by atoms with Gasteiger partial charge < -0.3 is 15.0 Å². The van der Waals surface area contributed by atoms with Crippen LogP contribution in [0.1, 0.15) is 41.7 Å². The number of methoxy groups -OCH3 is 1. The van der Waals surface area contributed by atoms with Gasteiger partial charge in [-0.3, -0.25) is 9.59 Å². The summed E-state index contributed by atoms with van der Waals surface area (Å²) in [6.07, 6.45) is 1.61. The number of nitrogens with zero attached hydrogens (tertiary/aromatic N) is 1. The molecule has 31 heavy (non-hydrogen) atoms. The van der Waals surface area contributed by atoms with Gasteiger partial charge in [0.1, 0.15) is 5.75 Å². The molecule has 5 nitrogen and oxygen atoms in total. The minimum absolute atomic E-state index is 0.00782. The molecular formula is C26H28N2O3. The lowest BCUT2D eigenvalue weighted by molar-refractivity contribution is -0.127. The quantitative estimate of drug-likeness (QED) is 0.662. The Bertz CT molecular complexity index is 1080. The summed E-state index contributed by atoms with van der Waals surface area (Å²) in [6.45, 7) is 3.09. The van der Waals surface area contributed by atoms with Gasteiger partial charge in [0, 0.05) is 24.0 Å². The van der Waals surface area contributed by atoms with Gasteiger partial charge in [-0.05, 0) is 42.8 Å². The third-order valence-electron chi connectivity index (χ3n) is 6.07. The van der Waals surface area contributed by atoms with E-state index >= 15 is 0 Å². The van der Waals surface area contributed by atoms with E-state index in [0.29, 0.717) is 18.7 Å². The van der Waals surface area contributed by atoms with Crippen molar-refractivity contribution in [3.8, 4) is 5.75 Å². The van der Waals surface area contributed by atoms with E-state index in [2.05, 4.69) is 5.32 Å². The van der Waals surface area contributed by atoms with E-state index < -0.39 is 0 Å². The van der Waals surface area contributed by atoms with Crippen LogP contribution in [0, 0.1) is 5.92 Å². The molecule has 0 bridgehead atoms. The molecule has 0 unspecified atom stereocenters. The fourth-order valence-electron chi connectivity index (χ4n) is 4.34. The minimum atomic E-state index is -0.201. The van der Waals surface area contributed by atoms with Gasteiger partial charge in [-0.2, -0.15) is 0 Å². The van der Waals surface area contributed by atoms with E-state index in [1.165, 1.54) is 0 Å². The molecule has 1 fully saturated rings. The van der Waals surface area contributed by atoms with Gasteiger partial charge in [0.05, 0.1) is 19.1 Å². The molecule has 0 aliphatic carbocycles. The number of nitrogens with one attached hydrogen (secondary N) is 1. The molecule has 3 aromatic rings. The first-order valence-corrected chi connectivity index (χ1v) is 10.8. The monoisotopic (exact) mass is 416 g/mol. The Balaban J connectivity index is 1.49. The molecule has 2 atom stereocenters. The SMILES string of the molecule is COc1ccc(C(=O)N2CCC[C@@H](C(=O)N[C@H](C)c3ccccc3)C2)c2ccccc12. The molecule has 2 amide bonds. The second kappa shape index (κ2) is 9.21. The second-order valence-corrected chi connectivity index (χ2v) is 8.09. The van der Waals surface area contributed by atoms with Gasteiger partial charge in [-0.25, -0.2) is 0 Å². The molecule has 1 aliphatic rings. The Kier molecular flexibility index (Phi) is 6.21. The van der Waals surface area contributed by atoms with Crippen molar-refractivity contribution < 1.29 is 14.3 Å². The number of rotatable bonds is 5. The summed E-state index contributed by atoms with van der Waals surface area (Å²) in [7, 11) is 1.63. The lowest BCUT2D eigenvalue weighted by Gasteiger charge is -2.33. The Labute approximate surface area is 183 Å². The molecule has 1 saturated heterocycles. The Hall–Kier alpha value is -3.34. The van der Waals surface area contributed by atoms with Crippen molar-refractivity contribution in [2.24, 2.45) is 5.92 Å². The third-order valence-corrected chi connectivity index (χ3v) is 6.07. The van der Waals surface area contributed by atoms with Crippen molar-refractivity contribution in [3.63, 3.8) is 0 Å². The van der Waals surface area contributed by atoms with Crippen molar-refractivity contribution in [2.75, 3.05) is 20.2 Å². The fraction of sp³-hybridized carbons (Fsp3) is 0.308. The number of likely N-dealkylation sites (tertiary alicyclic amines) is 1. The zero-order valence-corrected chi connectivity index (χ0v) is 18.0. The van der Waals surface area contributed by atoms with E-state index in [-0.39, 0.29) is 23.8 Å². The average molecular weight is 417 g/mol. The standard InChI is InChI=1S/C26H28N2O3/c1-18(19-9-4-3-5-10-19)27-25(29)20-11-8-16-28(17-20)26(30)23-14-15-24(31-2)22-13-7-6-12-21(22)23/h3-7,9-10,12-15,18,20H,8,11,16-17H2,1-2H3,(H,27,29)/t18-,20-/m1/s1. The van der Waals surface area contributed by atoms with Gasteiger partial charge in [0.2, 0.25) is 5.91 Å². The first kappa shape index (κ1) is 20.9. The Morgan fingerprint density at radius 2 is 1.71 bits per heavy atom. The Morgan fingerprint density at radius 1 is 1.00 bits per heavy atom. The van der Waals surface area contributed by atoms with Crippen molar-refractivity contribution in [1.82, 2.24) is 10.2 Å². The molecule has 1 heterocycles. The van der Waals surface area contributed by atoms with Crippen LogP contribution >= 0.6 is 0 Å². The number of ether oxygens (including phenoxy) is 1. The van der Waals surface area contributed by atoms with Crippen LogP contribution in [0.25, 0.3) is 10.8 Å². The summed E-state index contributed by atoms with van der Waals surface area (Å²) in [4.78, 5) is 28.1. The maximum Gasteiger partial charge on any atom is 0.254 e. The van der Waals surface area contributed by atoms with Crippen LogP contribution in [-0.4, -0.2) is 36.9 Å². The average Bonchev–Trinajstić information content (AvgIpc) is 2.83. The van der Waals surface area contributed by atoms with Gasteiger partial charge in [-0.15, -0.1) is 0 Å². The van der Waals surface area contributed by atoms with Crippen molar-refractivity contribution >= 4 is 22.6 Å². The highest BCUT2D eigenvalue weighted by Gasteiger charge is 2.30. The number of piperidine rings is 1. The van der Waals surface area contributed by atoms with Crippen molar-refractivity contribution in [1.29, 1.82) is 0 Å². The Morgan fingerprint density at radius 3 is 2.45 bits per heavy atom. The summed E-state index contributed by atoms with van der Waals surface area (Å²) in [6, 6.07) is 21.3. The summed E-state index contributed by atoms with van der Waals surface area (Å²) in [5, 5.41) is 4.90. The first-order chi connectivity index (χ1) is 15.1. The van der Waals surface area contributed by atoms with Crippen LogP contribution in [0.15, 0.2) is 66.7 Å². The smallest absolute Gasteiger partial charge is 0.254 e. The predicted molar refractivity (Wildman–Crippen MR) is 122 cm³/mol. The highest BCUT2D eigenvalue weighted by molar-refractivity contribution is 6.08. The van der Waals surface area contributed by atoms with Gasteiger partial charge in [0.25, 0.3) is 5.91 Å². The number of amides is 2. The van der Waals surface area contributed by atoms with E-state index in [9.17, 15) is 9.59 Å². The summed E-state index contributed by atoms with van der Waals surface area (Å²) in [5.74, 6) is 0.521. The molecule has 0 saturated carbocycles. The topological polar surface area (TPSA) is 58.6 Å². The van der Waals surface area contributed by atoms with E-state index in [1.807, 2.05) is 78.6 Å². The predicted octanol–water partition coefficient (Wildman–Crippen LogP) is 4.58. The number of hydrogen-bond acceptors (Lipinski definition) is 3. The van der Waals surface area contributed by atoms with Crippen molar-refractivity contribution in [3.05, 3.63) is 77.9 Å². The van der Waals surface area contributed by atoms with E-state index in [0.717, 1.165) is 34.9 Å². The zero-order chi connectivity index (χ0) is 21.8. The molecule has 1 N–H and O–H groups in total. The summed E-state index contributed by atoms with van der Waals surface area (Å²) in [5.41, 5.74) is 1.72. The van der Waals surface area contributed by atoms with Gasteiger partial charge in [-0.1, -0.05) is 54.6 Å². The second-order valence-electron chi connectivity index (χ2n) is 8.09. The molecule has 0 aromatic heterocycles. The maximum atomic E-state index is 13.4. The maximum absolute atomic E-state index is 13.4. The van der Waals surface area contributed by atoms with Crippen LogP contribution in [0.3, 0.4) is 0 Å². The summed E-state index contributed by atoms with van der Waals surface area (Å²) < 4.78 is 5.45. The third kappa shape index (κ3) is 4.41. The molecule has 0 radical (unpaired) electrons. The number of fused-ring (bicyclic) bond motifs is 1. The van der Waals surface area contributed by atoms with E-state index in [1.54, 1.807) is 7.11 Å². The summed E-state index contributed by atoms with van der Waals surface area (Å²) >= 11 is 0. The first-order valence-electron chi connectivity index (χ1n) is 10.8. The molecular weight excluding hydrogens is 388 g/mol. The minimum Gasteiger partial charge on any atom is -0.496 e. The van der Waals surface area contributed by atoms with Crippen LogP contribution in [0.2, 0.25) is 0 Å². The van der Waals surface area contributed by atoms with Crippen LogP contribution < -0.4 is 10.1 Å². The zero-order valence-electron chi connectivity index (χ0n) is 18.0. The lowest BCUT2D eigenvalue weighted by atomic mass is 9.95. The molecule has 3 aromatic carbocycles. The highest BCUT2D eigenvalue weighted by Crippen LogP contribution is 2.30. The van der Waals surface area contributed by atoms with Crippen LogP contribution in [-0.2, 0) is 4.79 Å². The number of carbonyl (C=O) groups is 2. The largest absolute Gasteiger partial charge is 0.496 e. The molecule has 5 heteroatoms. The number of benzene rings is 3. The highest BCUT2D eigenvalue weighted by atomic mass is 16.5. The molecule has 4 rings (SSSR count). The molecule has 1 aliphatic heterocycles. The molecule has 0 spiro atoms. The van der Waals surface area contributed by atoms with Gasteiger partial charge in [0.15, 0.2) is 0 Å². The molecule has 160 valence electrons. The number of carbonyl (C=O) groups excluding carboxylic acids is 2. The lowest BCUT2D eigenvalue weighted by Crippen LogP contribution is -2.45. The van der Waals surface area contributed by atoms with Crippen molar-refractivity contribution in [2.45, 2.75) is 25.8 Å². The fourth-order valence-corrected chi connectivity index (χ4v) is 4.34. The van der Waals surface area contributed by atoms with Crippen LogP contribution in [0.4, 0.5) is 0 Å². The van der Waals surface area contributed by atoms with Gasteiger partial charge >= 0.3 is 0 Å². The van der Waals surface area contributed by atoms with Crippen LogP contribution in [0.5, 0.6) is 5.75 Å². The van der Waals surface area contributed by atoms with E-state index in [4.69, 9.17) is 4.74 Å². The number of hydrogen-bond donors (Lipinski definition) is 1.